The van der Waals surface area contributed by atoms with Gasteiger partial charge in [-0.15, -0.1) is 0 Å². The number of aliphatic hydroxyl groups excluding tert-OH is 1. The molecule has 1 fully saturated rings. The topological polar surface area (TPSA) is 48.4 Å². The fourth-order valence-electron chi connectivity index (χ4n) is 2.50. The minimum atomic E-state index is -0.208. The third-order valence-electron chi connectivity index (χ3n) is 3.72. The molecule has 1 aromatic rings. The number of anilines is 1. The molecule has 1 aromatic heterocycles. The Kier molecular flexibility index (Phi) is 4.42. The highest BCUT2D eigenvalue weighted by atomic mass is 16.3. The van der Waals surface area contributed by atoms with Crippen molar-refractivity contribution < 1.29 is 5.11 Å². The Bertz CT molecular complexity index is 402. The van der Waals surface area contributed by atoms with Gasteiger partial charge in [-0.2, -0.15) is 0 Å². The molecular formula is C15H25N3O. The van der Waals surface area contributed by atoms with Gasteiger partial charge < -0.3 is 15.3 Å². The molecule has 0 spiro atoms. The van der Waals surface area contributed by atoms with Gasteiger partial charge in [-0.05, 0) is 38.3 Å². The van der Waals surface area contributed by atoms with Gasteiger partial charge in [0.25, 0.3) is 0 Å². The fraction of sp³-hybridized carbons (Fsp3) is 0.667. The number of aromatic nitrogens is 1. The van der Waals surface area contributed by atoms with Crippen molar-refractivity contribution in [1.82, 2.24) is 10.3 Å². The van der Waals surface area contributed by atoms with Crippen LogP contribution in [-0.4, -0.2) is 41.4 Å². The van der Waals surface area contributed by atoms with Gasteiger partial charge in [-0.1, -0.05) is 13.0 Å². The summed E-state index contributed by atoms with van der Waals surface area (Å²) in [4.78, 5) is 6.84. The highest BCUT2D eigenvalue weighted by Gasteiger charge is 2.28. The highest BCUT2D eigenvalue weighted by molar-refractivity contribution is 5.41. The average Bonchev–Trinajstić information content (AvgIpc) is 2.86. The molecule has 4 nitrogen and oxygen atoms in total. The molecular weight excluding hydrogens is 238 g/mol. The SMILES string of the molecule is CCc1ccc(N2CCC(NC(C)(C)CO)C2)nc1. The van der Waals surface area contributed by atoms with Gasteiger partial charge in [-0.25, -0.2) is 4.98 Å². The van der Waals surface area contributed by atoms with Gasteiger partial charge >= 0.3 is 0 Å². The zero-order chi connectivity index (χ0) is 13.9. The first-order valence-electron chi connectivity index (χ1n) is 7.12. The predicted molar refractivity (Wildman–Crippen MR) is 78.5 cm³/mol. The van der Waals surface area contributed by atoms with Crippen LogP contribution in [0.15, 0.2) is 18.3 Å². The Balaban J connectivity index is 1.94. The summed E-state index contributed by atoms with van der Waals surface area (Å²) in [5.74, 6) is 1.06. The first-order valence-corrected chi connectivity index (χ1v) is 7.12. The largest absolute Gasteiger partial charge is 0.394 e. The molecule has 0 bridgehead atoms. The monoisotopic (exact) mass is 263 g/mol. The fourth-order valence-corrected chi connectivity index (χ4v) is 2.50. The Hall–Kier alpha value is -1.13. The summed E-state index contributed by atoms with van der Waals surface area (Å²) in [6.07, 6.45) is 4.09. The highest BCUT2D eigenvalue weighted by Crippen LogP contribution is 2.19. The first-order chi connectivity index (χ1) is 9.04. The second kappa shape index (κ2) is 5.88. The van der Waals surface area contributed by atoms with Crippen LogP contribution in [-0.2, 0) is 6.42 Å². The lowest BCUT2D eigenvalue weighted by atomic mass is 10.1. The number of pyridine rings is 1. The zero-order valence-corrected chi connectivity index (χ0v) is 12.2. The van der Waals surface area contributed by atoms with E-state index in [1.54, 1.807) is 0 Å². The van der Waals surface area contributed by atoms with Gasteiger partial charge in [0.2, 0.25) is 0 Å². The quantitative estimate of drug-likeness (QED) is 0.847. The van der Waals surface area contributed by atoms with Crippen LogP contribution in [0.2, 0.25) is 0 Å². The molecule has 0 aromatic carbocycles. The lowest BCUT2D eigenvalue weighted by Crippen LogP contribution is -2.49. The number of aryl methyl sites for hydroxylation is 1. The van der Waals surface area contributed by atoms with Gasteiger partial charge in [0.15, 0.2) is 0 Å². The van der Waals surface area contributed by atoms with Crippen molar-refractivity contribution in [2.45, 2.75) is 45.2 Å². The third kappa shape index (κ3) is 3.67. The molecule has 0 radical (unpaired) electrons. The predicted octanol–water partition coefficient (Wildman–Crippen LogP) is 1.58. The Morgan fingerprint density at radius 2 is 2.26 bits per heavy atom. The first kappa shape index (κ1) is 14.3. The number of hydrogen-bond acceptors (Lipinski definition) is 4. The van der Waals surface area contributed by atoms with Crippen LogP contribution in [0.1, 0.15) is 32.8 Å². The van der Waals surface area contributed by atoms with Crippen molar-refractivity contribution in [3.63, 3.8) is 0 Å². The van der Waals surface area contributed by atoms with Gasteiger partial charge in [-0.3, -0.25) is 0 Å². The minimum Gasteiger partial charge on any atom is -0.394 e. The maximum Gasteiger partial charge on any atom is 0.128 e. The van der Waals surface area contributed by atoms with E-state index in [0.29, 0.717) is 6.04 Å². The van der Waals surface area contributed by atoms with E-state index < -0.39 is 0 Å². The van der Waals surface area contributed by atoms with E-state index in [0.717, 1.165) is 31.7 Å². The van der Waals surface area contributed by atoms with Crippen molar-refractivity contribution >= 4 is 5.82 Å². The maximum absolute atomic E-state index is 9.31. The lowest BCUT2D eigenvalue weighted by molar-refractivity contribution is 0.178. The Morgan fingerprint density at radius 3 is 2.84 bits per heavy atom. The summed E-state index contributed by atoms with van der Waals surface area (Å²) in [6, 6.07) is 4.69. The molecule has 1 aliphatic rings. The van der Waals surface area contributed by atoms with E-state index in [1.807, 2.05) is 20.0 Å². The van der Waals surface area contributed by atoms with E-state index in [1.165, 1.54) is 5.56 Å². The van der Waals surface area contributed by atoms with Crippen LogP contribution in [0, 0.1) is 0 Å². The molecule has 2 rings (SSSR count). The molecule has 1 atom stereocenters. The second-order valence-electron chi connectivity index (χ2n) is 6.00. The Morgan fingerprint density at radius 1 is 1.47 bits per heavy atom. The van der Waals surface area contributed by atoms with Crippen molar-refractivity contribution in [2.75, 3.05) is 24.6 Å². The van der Waals surface area contributed by atoms with Crippen molar-refractivity contribution in [1.29, 1.82) is 0 Å². The van der Waals surface area contributed by atoms with Gasteiger partial charge in [0.1, 0.15) is 5.82 Å². The smallest absolute Gasteiger partial charge is 0.128 e. The summed E-state index contributed by atoms with van der Waals surface area (Å²) in [7, 11) is 0. The van der Waals surface area contributed by atoms with E-state index in [4.69, 9.17) is 0 Å². The summed E-state index contributed by atoms with van der Waals surface area (Å²) in [6.45, 7) is 8.35. The molecule has 106 valence electrons. The maximum atomic E-state index is 9.31. The third-order valence-corrected chi connectivity index (χ3v) is 3.72. The van der Waals surface area contributed by atoms with Crippen LogP contribution in [0.5, 0.6) is 0 Å². The molecule has 1 saturated heterocycles. The van der Waals surface area contributed by atoms with Gasteiger partial charge in [0.05, 0.1) is 6.61 Å². The van der Waals surface area contributed by atoms with Crippen molar-refractivity contribution in [2.24, 2.45) is 0 Å². The molecule has 0 saturated carbocycles. The number of rotatable bonds is 5. The molecule has 19 heavy (non-hydrogen) atoms. The molecule has 0 amide bonds. The molecule has 1 unspecified atom stereocenters. The van der Waals surface area contributed by atoms with E-state index in [2.05, 4.69) is 34.3 Å². The van der Waals surface area contributed by atoms with Crippen LogP contribution < -0.4 is 10.2 Å². The van der Waals surface area contributed by atoms with E-state index >= 15 is 0 Å². The summed E-state index contributed by atoms with van der Waals surface area (Å²) < 4.78 is 0. The minimum absolute atomic E-state index is 0.160. The van der Waals surface area contributed by atoms with Crippen molar-refractivity contribution in [3.05, 3.63) is 23.9 Å². The second-order valence-corrected chi connectivity index (χ2v) is 6.00. The molecule has 2 heterocycles. The molecule has 1 aliphatic heterocycles. The summed E-state index contributed by atoms with van der Waals surface area (Å²) >= 11 is 0. The number of aliphatic hydroxyl groups is 1. The summed E-state index contributed by atoms with van der Waals surface area (Å²) in [5.41, 5.74) is 1.07. The normalized spacial score (nSPS) is 20.0. The van der Waals surface area contributed by atoms with Crippen molar-refractivity contribution in [3.8, 4) is 0 Å². The lowest BCUT2D eigenvalue weighted by Gasteiger charge is -2.28. The number of hydrogen-bond donors (Lipinski definition) is 2. The average molecular weight is 263 g/mol. The standard InChI is InChI=1S/C15H25N3O/c1-4-12-5-6-14(16-9-12)18-8-7-13(10-18)17-15(2,3)11-19/h5-6,9,13,17,19H,4,7-8,10-11H2,1-3H3. The van der Waals surface area contributed by atoms with Crippen LogP contribution >= 0.6 is 0 Å². The van der Waals surface area contributed by atoms with Crippen LogP contribution in [0.4, 0.5) is 5.82 Å². The van der Waals surface area contributed by atoms with E-state index in [-0.39, 0.29) is 12.1 Å². The molecule has 2 N–H and O–H groups in total. The molecule has 0 aliphatic carbocycles. The van der Waals surface area contributed by atoms with E-state index in [9.17, 15) is 5.11 Å². The van der Waals surface area contributed by atoms with Gasteiger partial charge in [0, 0.05) is 30.9 Å². The number of nitrogens with one attached hydrogen (secondary N) is 1. The van der Waals surface area contributed by atoms with Crippen LogP contribution in [0.3, 0.4) is 0 Å². The molecule has 4 heteroatoms. The van der Waals surface area contributed by atoms with Crippen LogP contribution in [0.25, 0.3) is 0 Å². The summed E-state index contributed by atoms with van der Waals surface area (Å²) in [5, 5.41) is 12.8. The zero-order valence-electron chi connectivity index (χ0n) is 12.2. The number of nitrogens with zero attached hydrogens (tertiary/aromatic N) is 2. The Labute approximate surface area is 115 Å².